The number of carbonyl (C=O) groups is 2. The summed E-state index contributed by atoms with van der Waals surface area (Å²) < 4.78 is 1.28. The van der Waals surface area contributed by atoms with Crippen LogP contribution in [0.3, 0.4) is 0 Å². The summed E-state index contributed by atoms with van der Waals surface area (Å²) in [6.07, 6.45) is 6.35. The normalized spacial score (nSPS) is 12.1. The van der Waals surface area contributed by atoms with E-state index in [1.807, 2.05) is 0 Å². The first-order chi connectivity index (χ1) is 9.55. The SMILES string of the molecule is CCCCC(CC)CC(=O)Nc1ccn(CC(=O)O)n1. The molecule has 1 unspecified atom stereocenters. The molecule has 1 amide bonds. The van der Waals surface area contributed by atoms with Crippen LogP contribution < -0.4 is 5.32 Å². The number of aliphatic carboxylic acids is 1. The average molecular weight is 281 g/mol. The van der Waals surface area contributed by atoms with Crippen LogP contribution in [0.5, 0.6) is 0 Å². The summed E-state index contributed by atoms with van der Waals surface area (Å²) in [6.45, 7) is 4.03. The second-order valence-electron chi connectivity index (χ2n) is 4.96. The molecule has 0 spiro atoms. The number of nitrogens with one attached hydrogen (secondary N) is 1. The Morgan fingerprint density at radius 3 is 2.80 bits per heavy atom. The van der Waals surface area contributed by atoms with Gasteiger partial charge in [-0.3, -0.25) is 14.3 Å². The molecular formula is C14H23N3O3. The number of hydrogen-bond acceptors (Lipinski definition) is 3. The number of rotatable bonds is 9. The Labute approximate surface area is 119 Å². The Hall–Kier alpha value is -1.85. The van der Waals surface area contributed by atoms with Gasteiger partial charge in [-0.05, 0) is 12.3 Å². The number of nitrogens with zero attached hydrogens (tertiary/aromatic N) is 2. The number of carboxylic acid groups (broad SMARTS) is 1. The molecule has 1 aromatic rings. The van der Waals surface area contributed by atoms with Gasteiger partial charge in [0, 0.05) is 18.7 Å². The third-order valence-electron chi connectivity index (χ3n) is 3.22. The predicted octanol–water partition coefficient (Wildman–Crippen LogP) is 2.51. The highest BCUT2D eigenvalue weighted by Gasteiger charge is 2.13. The molecule has 20 heavy (non-hydrogen) atoms. The highest BCUT2D eigenvalue weighted by molar-refractivity contribution is 5.89. The number of carbonyl (C=O) groups excluding carboxylic acids is 1. The highest BCUT2D eigenvalue weighted by atomic mass is 16.4. The van der Waals surface area contributed by atoms with Crippen molar-refractivity contribution in [3.63, 3.8) is 0 Å². The molecule has 0 fully saturated rings. The monoisotopic (exact) mass is 281 g/mol. The lowest BCUT2D eigenvalue weighted by Gasteiger charge is -2.13. The summed E-state index contributed by atoms with van der Waals surface area (Å²) in [7, 11) is 0. The Balaban J connectivity index is 2.44. The molecule has 0 saturated heterocycles. The van der Waals surface area contributed by atoms with E-state index in [0.29, 0.717) is 18.2 Å². The molecule has 6 nitrogen and oxygen atoms in total. The minimum atomic E-state index is -0.961. The first kappa shape index (κ1) is 16.2. The molecule has 0 aliphatic rings. The smallest absolute Gasteiger partial charge is 0.325 e. The molecule has 0 aliphatic heterocycles. The predicted molar refractivity (Wildman–Crippen MR) is 76.4 cm³/mol. The van der Waals surface area contributed by atoms with E-state index in [9.17, 15) is 9.59 Å². The van der Waals surface area contributed by atoms with Gasteiger partial charge in [0.2, 0.25) is 5.91 Å². The molecule has 0 radical (unpaired) electrons. The molecule has 1 aromatic heterocycles. The second-order valence-corrected chi connectivity index (χ2v) is 4.96. The van der Waals surface area contributed by atoms with Crippen molar-refractivity contribution >= 4 is 17.7 Å². The standard InChI is InChI=1S/C14H23N3O3/c1-3-5-6-11(4-2)9-13(18)15-12-7-8-17(16-12)10-14(19)20/h7-8,11H,3-6,9-10H2,1-2H3,(H,19,20)(H,15,16,18). The lowest BCUT2D eigenvalue weighted by molar-refractivity contribution is -0.137. The van der Waals surface area contributed by atoms with Crippen LogP contribution in [-0.2, 0) is 16.1 Å². The zero-order valence-corrected chi connectivity index (χ0v) is 12.1. The topological polar surface area (TPSA) is 84.2 Å². The lowest BCUT2D eigenvalue weighted by Crippen LogP contribution is -2.17. The maximum atomic E-state index is 11.9. The molecule has 1 rings (SSSR count). The molecule has 0 aromatic carbocycles. The quantitative estimate of drug-likeness (QED) is 0.728. The largest absolute Gasteiger partial charge is 0.480 e. The van der Waals surface area contributed by atoms with E-state index in [-0.39, 0.29) is 12.5 Å². The van der Waals surface area contributed by atoms with E-state index in [4.69, 9.17) is 5.11 Å². The first-order valence-corrected chi connectivity index (χ1v) is 7.10. The van der Waals surface area contributed by atoms with Gasteiger partial charge in [0.05, 0.1) is 0 Å². The molecule has 0 saturated carbocycles. The van der Waals surface area contributed by atoms with Crippen LogP contribution in [0.1, 0.15) is 46.0 Å². The lowest BCUT2D eigenvalue weighted by atomic mass is 9.95. The maximum Gasteiger partial charge on any atom is 0.325 e. The maximum absolute atomic E-state index is 11.9. The fraction of sp³-hybridized carbons (Fsp3) is 0.643. The number of unbranched alkanes of at least 4 members (excludes halogenated alkanes) is 1. The van der Waals surface area contributed by atoms with Crippen molar-refractivity contribution in [3.05, 3.63) is 12.3 Å². The molecule has 0 aliphatic carbocycles. The van der Waals surface area contributed by atoms with Crippen LogP contribution in [0, 0.1) is 5.92 Å². The summed E-state index contributed by atoms with van der Waals surface area (Å²) >= 11 is 0. The number of carboxylic acids is 1. The van der Waals surface area contributed by atoms with E-state index in [1.165, 1.54) is 10.9 Å². The molecule has 1 atom stereocenters. The molecule has 2 N–H and O–H groups in total. The van der Waals surface area contributed by atoms with Gasteiger partial charge >= 0.3 is 5.97 Å². The third-order valence-corrected chi connectivity index (χ3v) is 3.22. The second kappa shape index (κ2) is 8.35. The fourth-order valence-corrected chi connectivity index (χ4v) is 2.05. The Morgan fingerprint density at radius 2 is 2.20 bits per heavy atom. The van der Waals surface area contributed by atoms with Crippen molar-refractivity contribution in [1.29, 1.82) is 0 Å². The highest BCUT2D eigenvalue weighted by Crippen LogP contribution is 2.17. The van der Waals surface area contributed by atoms with Crippen LogP contribution in [0.4, 0.5) is 5.82 Å². The van der Waals surface area contributed by atoms with E-state index in [0.717, 1.165) is 25.7 Å². The summed E-state index contributed by atoms with van der Waals surface area (Å²) in [5.41, 5.74) is 0. The summed E-state index contributed by atoms with van der Waals surface area (Å²) in [4.78, 5) is 22.4. The van der Waals surface area contributed by atoms with Crippen molar-refractivity contribution < 1.29 is 14.7 Å². The van der Waals surface area contributed by atoms with Crippen molar-refractivity contribution in [3.8, 4) is 0 Å². The number of anilines is 1. The van der Waals surface area contributed by atoms with Gasteiger partial charge in [-0.2, -0.15) is 5.10 Å². The minimum absolute atomic E-state index is 0.0615. The zero-order valence-electron chi connectivity index (χ0n) is 12.1. The van der Waals surface area contributed by atoms with E-state index < -0.39 is 5.97 Å². The number of amides is 1. The van der Waals surface area contributed by atoms with E-state index in [1.54, 1.807) is 6.07 Å². The Morgan fingerprint density at radius 1 is 1.45 bits per heavy atom. The summed E-state index contributed by atoms with van der Waals surface area (Å²) in [5, 5.41) is 15.3. The number of aromatic nitrogens is 2. The summed E-state index contributed by atoms with van der Waals surface area (Å²) in [6, 6.07) is 1.60. The van der Waals surface area contributed by atoms with Crippen LogP contribution in [0.2, 0.25) is 0 Å². The molecule has 112 valence electrons. The van der Waals surface area contributed by atoms with Gasteiger partial charge in [-0.25, -0.2) is 0 Å². The number of hydrogen-bond donors (Lipinski definition) is 2. The van der Waals surface area contributed by atoms with Crippen molar-refractivity contribution in [2.75, 3.05) is 5.32 Å². The Kier molecular flexibility index (Phi) is 6.76. The summed E-state index contributed by atoms with van der Waals surface area (Å²) in [5.74, 6) is -0.220. The van der Waals surface area contributed by atoms with Crippen LogP contribution in [0.15, 0.2) is 12.3 Å². The third kappa shape index (κ3) is 5.86. The molecule has 6 heteroatoms. The van der Waals surface area contributed by atoms with Gasteiger partial charge in [0.15, 0.2) is 5.82 Å². The van der Waals surface area contributed by atoms with Gasteiger partial charge in [0.1, 0.15) is 6.54 Å². The van der Waals surface area contributed by atoms with Gasteiger partial charge < -0.3 is 10.4 Å². The molecule has 0 bridgehead atoms. The Bertz CT molecular complexity index is 443. The van der Waals surface area contributed by atoms with Crippen molar-refractivity contribution in [2.45, 2.75) is 52.5 Å². The first-order valence-electron chi connectivity index (χ1n) is 7.10. The van der Waals surface area contributed by atoms with E-state index in [2.05, 4.69) is 24.3 Å². The van der Waals surface area contributed by atoms with Crippen LogP contribution in [-0.4, -0.2) is 26.8 Å². The van der Waals surface area contributed by atoms with Crippen molar-refractivity contribution in [1.82, 2.24) is 9.78 Å². The van der Waals surface area contributed by atoms with Gasteiger partial charge in [-0.1, -0.05) is 33.1 Å². The minimum Gasteiger partial charge on any atom is -0.480 e. The zero-order chi connectivity index (χ0) is 15.0. The molecular weight excluding hydrogens is 258 g/mol. The van der Waals surface area contributed by atoms with E-state index >= 15 is 0 Å². The van der Waals surface area contributed by atoms with Crippen LogP contribution in [0.25, 0.3) is 0 Å². The average Bonchev–Trinajstić information content (AvgIpc) is 2.80. The van der Waals surface area contributed by atoms with Crippen molar-refractivity contribution in [2.24, 2.45) is 5.92 Å². The fourth-order valence-electron chi connectivity index (χ4n) is 2.05. The molecule has 1 heterocycles. The van der Waals surface area contributed by atoms with Gasteiger partial charge in [-0.15, -0.1) is 0 Å². The van der Waals surface area contributed by atoms with Gasteiger partial charge in [0.25, 0.3) is 0 Å². The van der Waals surface area contributed by atoms with Crippen LogP contribution >= 0.6 is 0 Å².